The molecule has 1 atom stereocenters. The molecule has 0 saturated heterocycles. The van der Waals surface area contributed by atoms with Crippen LogP contribution in [0.5, 0.6) is 0 Å². The van der Waals surface area contributed by atoms with Crippen LogP contribution in [-0.4, -0.2) is 30.3 Å². The molecule has 0 spiro atoms. The largest absolute Gasteiger partial charge is 0.444 e. The number of primary amides is 1. The van der Waals surface area contributed by atoms with Gasteiger partial charge in [-0.05, 0) is 26.3 Å². The fourth-order valence-corrected chi connectivity index (χ4v) is 1.70. The molecule has 1 aromatic carbocycles. The Kier molecular flexibility index (Phi) is 6.85. The summed E-state index contributed by atoms with van der Waals surface area (Å²) in [6, 6.07) is 9.48. The van der Waals surface area contributed by atoms with Crippen LogP contribution in [0.4, 0.5) is 4.79 Å². The Morgan fingerprint density at radius 3 is 2.41 bits per heavy atom. The number of hydrogen-bond acceptors (Lipinski definition) is 4. The zero-order valence-electron chi connectivity index (χ0n) is 13.3. The van der Waals surface area contributed by atoms with E-state index in [9.17, 15) is 9.59 Å². The van der Waals surface area contributed by atoms with Gasteiger partial charge in [-0.2, -0.15) is 0 Å². The van der Waals surface area contributed by atoms with Crippen molar-refractivity contribution in [1.29, 1.82) is 0 Å². The van der Waals surface area contributed by atoms with Gasteiger partial charge in [-0.25, -0.2) is 4.79 Å². The molecule has 1 aromatic rings. The Balaban J connectivity index is 2.35. The lowest BCUT2D eigenvalue weighted by Gasteiger charge is -2.20. The quantitative estimate of drug-likeness (QED) is 0.805. The fourth-order valence-electron chi connectivity index (χ4n) is 1.70. The number of ether oxygens (including phenoxy) is 2. The third kappa shape index (κ3) is 7.64. The molecule has 6 heteroatoms. The molecule has 0 bridgehead atoms. The van der Waals surface area contributed by atoms with Gasteiger partial charge in [0.1, 0.15) is 11.7 Å². The van der Waals surface area contributed by atoms with Gasteiger partial charge >= 0.3 is 6.09 Å². The fraction of sp³-hybridized carbons (Fsp3) is 0.500. The topological polar surface area (TPSA) is 90.7 Å². The molecule has 6 nitrogen and oxygen atoms in total. The van der Waals surface area contributed by atoms with E-state index >= 15 is 0 Å². The Hall–Kier alpha value is -2.08. The number of nitrogens with one attached hydrogen (secondary N) is 1. The first-order chi connectivity index (χ1) is 10.3. The summed E-state index contributed by atoms with van der Waals surface area (Å²) in [6.45, 7) is 5.88. The van der Waals surface area contributed by atoms with Crippen molar-refractivity contribution in [3.63, 3.8) is 0 Å². The van der Waals surface area contributed by atoms with Crippen LogP contribution in [0, 0.1) is 0 Å². The van der Waals surface area contributed by atoms with Crippen LogP contribution in [0.3, 0.4) is 0 Å². The summed E-state index contributed by atoms with van der Waals surface area (Å²) < 4.78 is 10.6. The monoisotopic (exact) mass is 308 g/mol. The van der Waals surface area contributed by atoms with Crippen LogP contribution < -0.4 is 11.1 Å². The molecule has 0 saturated carbocycles. The Bertz CT molecular complexity index is 483. The van der Waals surface area contributed by atoms with E-state index in [1.807, 2.05) is 30.3 Å². The SMILES string of the molecule is CC(C)(C)OC(=O)NCCC(OCc1ccccc1)C(N)=O. The van der Waals surface area contributed by atoms with Gasteiger partial charge in [-0.15, -0.1) is 0 Å². The minimum Gasteiger partial charge on any atom is -0.444 e. The van der Waals surface area contributed by atoms with Gasteiger partial charge in [0.2, 0.25) is 5.91 Å². The third-order valence-electron chi connectivity index (χ3n) is 2.69. The molecule has 0 aliphatic carbocycles. The van der Waals surface area contributed by atoms with Crippen LogP contribution in [0.2, 0.25) is 0 Å². The maximum atomic E-state index is 11.5. The van der Waals surface area contributed by atoms with Crippen LogP contribution in [0.15, 0.2) is 30.3 Å². The van der Waals surface area contributed by atoms with Crippen molar-refractivity contribution in [2.75, 3.05) is 6.54 Å². The lowest BCUT2D eigenvalue weighted by atomic mass is 10.2. The van der Waals surface area contributed by atoms with Gasteiger partial charge in [0.05, 0.1) is 6.61 Å². The van der Waals surface area contributed by atoms with E-state index in [-0.39, 0.29) is 6.54 Å². The van der Waals surface area contributed by atoms with E-state index in [0.717, 1.165) is 5.56 Å². The summed E-state index contributed by atoms with van der Waals surface area (Å²) in [7, 11) is 0. The molecule has 0 fully saturated rings. The number of amides is 2. The molecule has 122 valence electrons. The van der Waals surface area contributed by atoms with E-state index in [2.05, 4.69) is 5.32 Å². The highest BCUT2D eigenvalue weighted by Crippen LogP contribution is 2.07. The van der Waals surface area contributed by atoms with E-state index in [4.69, 9.17) is 15.2 Å². The normalized spacial score (nSPS) is 12.5. The zero-order valence-corrected chi connectivity index (χ0v) is 13.3. The standard InChI is InChI=1S/C16H24N2O4/c1-16(2,3)22-15(20)18-10-9-13(14(17)19)21-11-12-7-5-4-6-8-12/h4-8,13H,9-11H2,1-3H3,(H2,17,19)(H,18,20). The van der Waals surface area contributed by atoms with E-state index in [1.54, 1.807) is 20.8 Å². The maximum Gasteiger partial charge on any atom is 0.407 e. The minimum absolute atomic E-state index is 0.247. The van der Waals surface area contributed by atoms with Gasteiger partial charge in [-0.3, -0.25) is 4.79 Å². The minimum atomic E-state index is -0.754. The molecule has 0 radical (unpaired) electrons. The average molecular weight is 308 g/mol. The number of carbonyl (C=O) groups excluding carboxylic acids is 2. The second-order valence-corrected chi connectivity index (χ2v) is 5.90. The molecule has 1 rings (SSSR count). The predicted molar refractivity (Wildman–Crippen MR) is 83.1 cm³/mol. The van der Waals surface area contributed by atoms with Gasteiger partial charge in [0.25, 0.3) is 0 Å². The van der Waals surface area contributed by atoms with Gasteiger partial charge in [0, 0.05) is 13.0 Å². The molecule has 1 unspecified atom stereocenters. The number of hydrogen-bond donors (Lipinski definition) is 2. The predicted octanol–water partition coefficient (Wildman–Crippen LogP) is 1.97. The Labute approximate surface area is 131 Å². The van der Waals surface area contributed by atoms with Gasteiger partial charge in [-0.1, -0.05) is 30.3 Å². The molecule has 0 aliphatic rings. The number of benzene rings is 1. The smallest absolute Gasteiger partial charge is 0.407 e. The molecule has 3 N–H and O–H groups in total. The first-order valence-electron chi connectivity index (χ1n) is 7.19. The summed E-state index contributed by atoms with van der Waals surface area (Å²) >= 11 is 0. The van der Waals surface area contributed by atoms with Crippen molar-refractivity contribution in [2.24, 2.45) is 5.73 Å². The second-order valence-electron chi connectivity index (χ2n) is 5.90. The highest BCUT2D eigenvalue weighted by atomic mass is 16.6. The van der Waals surface area contributed by atoms with Crippen molar-refractivity contribution in [3.8, 4) is 0 Å². The number of nitrogens with two attached hydrogens (primary N) is 1. The van der Waals surface area contributed by atoms with Crippen molar-refractivity contribution < 1.29 is 19.1 Å². The van der Waals surface area contributed by atoms with Crippen LogP contribution in [0.25, 0.3) is 0 Å². The molecule has 2 amide bonds. The zero-order chi connectivity index (χ0) is 16.6. The third-order valence-corrected chi connectivity index (χ3v) is 2.69. The lowest BCUT2D eigenvalue weighted by Crippen LogP contribution is -2.37. The molecule has 0 aliphatic heterocycles. The summed E-state index contributed by atoms with van der Waals surface area (Å²) in [4.78, 5) is 22.9. The highest BCUT2D eigenvalue weighted by molar-refractivity contribution is 5.78. The Morgan fingerprint density at radius 2 is 1.86 bits per heavy atom. The summed E-state index contributed by atoms with van der Waals surface area (Å²) in [5.74, 6) is -0.554. The molecule has 0 aromatic heterocycles. The summed E-state index contributed by atoms with van der Waals surface area (Å²) in [5, 5.41) is 2.57. The van der Waals surface area contributed by atoms with Crippen molar-refractivity contribution >= 4 is 12.0 Å². The maximum absolute atomic E-state index is 11.5. The van der Waals surface area contributed by atoms with E-state index in [0.29, 0.717) is 13.0 Å². The number of carbonyl (C=O) groups is 2. The van der Waals surface area contributed by atoms with Crippen LogP contribution >= 0.6 is 0 Å². The first-order valence-corrected chi connectivity index (χ1v) is 7.19. The first kappa shape index (κ1) is 18.0. The number of rotatable bonds is 7. The van der Waals surface area contributed by atoms with Crippen LogP contribution in [-0.2, 0) is 20.9 Å². The van der Waals surface area contributed by atoms with Crippen molar-refractivity contribution in [1.82, 2.24) is 5.32 Å². The number of alkyl carbamates (subject to hydrolysis) is 1. The van der Waals surface area contributed by atoms with Crippen molar-refractivity contribution in [3.05, 3.63) is 35.9 Å². The second kappa shape index (κ2) is 8.38. The lowest BCUT2D eigenvalue weighted by molar-refractivity contribution is -0.130. The molecule has 22 heavy (non-hydrogen) atoms. The van der Waals surface area contributed by atoms with E-state index < -0.39 is 23.7 Å². The Morgan fingerprint density at radius 1 is 1.23 bits per heavy atom. The highest BCUT2D eigenvalue weighted by Gasteiger charge is 2.18. The van der Waals surface area contributed by atoms with Gasteiger partial charge in [0.15, 0.2) is 0 Å². The van der Waals surface area contributed by atoms with E-state index in [1.165, 1.54) is 0 Å². The van der Waals surface area contributed by atoms with Crippen molar-refractivity contribution in [2.45, 2.75) is 45.5 Å². The van der Waals surface area contributed by atoms with Gasteiger partial charge < -0.3 is 20.5 Å². The molecule has 0 heterocycles. The molecular formula is C16H24N2O4. The van der Waals surface area contributed by atoms with Crippen LogP contribution in [0.1, 0.15) is 32.8 Å². The summed E-state index contributed by atoms with van der Waals surface area (Å²) in [5.41, 5.74) is 5.71. The average Bonchev–Trinajstić information content (AvgIpc) is 2.41. The summed E-state index contributed by atoms with van der Waals surface area (Å²) in [6.07, 6.45) is -0.990. The molecular weight excluding hydrogens is 284 g/mol.